The SMILES string of the molecule is B[C@@H](CO)OC(C#N)(CO)CO. The van der Waals surface area contributed by atoms with Crippen LogP contribution in [-0.4, -0.2) is 54.6 Å². The van der Waals surface area contributed by atoms with Crippen LogP contribution in [0.1, 0.15) is 0 Å². The van der Waals surface area contributed by atoms with Gasteiger partial charge in [-0.3, -0.25) is 0 Å². The van der Waals surface area contributed by atoms with E-state index in [1.54, 1.807) is 6.07 Å². The third kappa shape index (κ3) is 2.79. The first-order chi connectivity index (χ1) is 5.64. The van der Waals surface area contributed by atoms with Crippen molar-refractivity contribution in [3.63, 3.8) is 0 Å². The van der Waals surface area contributed by atoms with Gasteiger partial charge in [0.1, 0.15) is 13.9 Å². The molecule has 0 aromatic carbocycles. The Morgan fingerprint density at radius 2 is 1.92 bits per heavy atom. The first-order valence-corrected chi connectivity index (χ1v) is 3.55. The van der Waals surface area contributed by atoms with Crippen LogP contribution in [0.2, 0.25) is 0 Å². The van der Waals surface area contributed by atoms with Crippen LogP contribution in [-0.2, 0) is 4.74 Å². The molecule has 0 saturated heterocycles. The molecule has 0 aromatic rings. The van der Waals surface area contributed by atoms with Crippen LogP contribution < -0.4 is 0 Å². The fraction of sp³-hybridized carbons (Fsp3) is 0.833. The molecule has 1 atom stereocenters. The van der Waals surface area contributed by atoms with Crippen molar-refractivity contribution in [3.8, 4) is 6.07 Å². The van der Waals surface area contributed by atoms with Gasteiger partial charge in [0.25, 0.3) is 0 Å². The van der Waals surface area contributed by atoms with Crippen molar-refractivity contribution in [2.75, 3.05) is 19.8 Å². The molecule has 0 heterocycles. The summed E-state index contributed by atoms with van der Waals surface area (Å²) < 4.78 is 4.92. The summed E-state index contributed by atoms with van der Waals surface area (Å²) in [5.74, 6) is 0. The number of nitriles is 1. The van der Waals surface area contributed by atoms with Gasteiger partial charge in [0, 0.05) is 6.00 Å². The quantitative estimate of drug-likeness (QED) is 0.390. The van der Waals surface area contributed by atoms with Gasteiger partial charge in [-0.15, -0.1) is 0 Å². The third-order valence-electron chi connectivity index (χ3n) is 1.40. The van der Waals surface area contributed by atoms with E-state index < -0.39 is 24.8 Å². The molecule has 0 radical (unpaired) electrons. The van der Waals surface area contributed by atoms with Crippen molar-refractivity contribution in [2.24, 2.45) is 0 Å². The Kier molecular flexibility index (Phi) is 4.86. The summed E-state index contributed by atoms with van der Waals surface area (Å²) in [7, 11) is 1.54. The standard InChI is InChI=1S/C6H12BNO4/c7-5(1-9)12-6(2-8,3-10)4-11/h5,9-11H,1,3-4,7H2/t5-/m1/s1. The lowest BCUT2D eigenvalue weighted by Gasteiger charge is -2.25. The Balaban J connectivity index is 4.22. The molecule has 0 aliphatic rings. The average molecular weight is 173 g/mol. The maximum absolute atomic E-state index is 8.73. The minimum Gasteiger partial charge on any atom is -0.394 e. The van der Waals surface area contributed by atoms with E-state index in [9.17, 15) is 0 Å². The molecule has 6 heteroatoms. The Labute approximate surface area is 71.6 Å². The summed E-state index contributed by atoms with van der Waals surface area (Å²) in [5, 5.41) is 34.6. The second kappa shape index (κ2) is 5.11. The zero-order valence-corrected chi connectivity index (χ0v) is 6.90. The highest BCUT2D eigenvalue weighted by Gasteiger charge is 2.31. The molecular weight excluding hydrogens is 161 g/mol. The zero-order chi connectivity index (χ0) is 9.61. The van der Waals surface area contributed by atoms with Crippen LogP contribution in [0.4, 0.5) is 0 Å². The monoisotopic (exact) mass is 173 g/mol. The predicted molar refractivity (Wildman–Crippen MR) is 43.0 cm³/mol. The number of aliphatic hydroxyl groups excluding tert-OH is 3. The van der Waals surface area contributed by atoms with Crippen molar-refractivity contribution < 1.29 is 20.1 Å². The van der Waals surface area contributed by atoms with Crippen molar-refractivity contribution in [3.05, 3.63) is 0 Å². The topological polar surface area (TPSA) is 93.7 Å². The van der Waals surface area contributed by atoms with Crippen molar-refractivity contribution in [2.45, 2.75) is 11.6 Å². The third-order valence-corrected chi connectivity index (χ3v) is 1.40. The van der Waals surface area contributed by atoms with E-state index in [2.05, 4.69) is 0 Å². The van der Waals surface area contributed by atoms with Crippen LogP contribution in [0.25, 0.3) is 0 Å². The Bertz CT molecular complexity index is 165. The molecular formula is C6H12BNO4. The molecule has 0 aromatic heterocycles. The maximum Gasteiger partial charge on any atom is 0.199 e. The van der Waals surface area contributed by atoms with Gasteiger partial charge in [0.05, 0.1) is 19.8 Å². The highest BCUT2D eigenvalue weighted by Crippen LogP contribution is 2.09. The molecule has 3 N–H and O–H groups in total. The Hall–Kier alpha value is -0.605. The van der Waals surface area contributed by atoms with E-state index in [1.165, 1.54) is 7.85 Å². The average Bonchev–Trinajstić information content (AvgIpc) is 2.14. The Morgan fingerprint density at radius 1 is 1.42 bits per heavy atom. The lowest BCUT2D eigenvalue weighted by atomic mass is 9.99. The second-order valence-corrected chi connectivity index (χ2v) is 2.53. The summed E-state index contributed by atoms with van der Waals surface area (Å²) >= 11 is 0. The van der Waals surface area contributed by atoms with Gasteiger partial charge in [-0.05, 0) is 0 Å². The van der Waals surface area contributed by atoms with Gasteiger partial charge in [-0.1, -0.05) is 0 Å². The van der Waals surface area contributed by atoms with Gasteiger partial charge in [-0.25, -0.2) is 0 Å². The van der Waals surface area contributed by atoms with Crippen LogP contribution in [0, 0.1) is 11.3 Å². The number of ether oxygens (including phenoxy) is 1. The summed E-state index contributed by atoms with van der Waals surface area (Å²) in [5.41, 5.74) is -1.60. The van der Waals surface area contributed by atoms with Crippen molar-refractivity contribution in [1.82, 2.24) is 0 Å². The molecule has 0 rings (SSSR count). The van der Waals surface area contributed by atoms with E-state index in [0.29, 0.717) is 0 Å². The van der Waals surface area contributed by atoms with Gasteiger partial charge in [0.15, 0.2) is 5.60 Å². The molecule has 0 aliphatic heterocycles. The normalized spacial score (nSPS) is 13.8. The number of nitrogens with zero attached hydrogens (tertiary/aromatic N) is 1. The van der Waals surface area contributed by atoms with Gasteiger partial charge >= 0.3 is 0 Å². The highest BCUT2D eigenvalue weighted by atomic mass is 16.5. The fourth-order valence-corrected chi connectivity index (χ4v) is 0.644. The van der Waals surface area contributed by atoms with E-state index in [-0.39, 0.29) is 6.61 Å². The maximum atomic E-state index is 8.73. The molecule has 0 unspecified atom stereocenters. The van der Waals surface area contributed by atoms with Crippen LogP contribution in [0.15, 0.2) is 0 Å². The van der Waals surface area contributed by atoms with Crippen LogP contribution >= 0.6 is 0 Å². The van der Waals surface area contributed by atoms with Crippen molar-refractivity contribution >= 4 is 7.85 Å². The van der Waals surface area contributed by atoms with Crippen molar-refractivity contribution in [1.29, 1.82) is 5.26 Å². The molecule has 68 valence electrons. The summed E-state index contributed by atoms with van der Waals surface area (Å²) in [4.78, 5) is 0. The van der Waals surface area contributed by atoms with E-state index >= 15 is 0 Å². The molecule has 0 bridgehead atoms. The molecule has 0 saturated carbocycles. The molecule has 0 fully saturated rings. The second-order valence-electron chi connectivity index (χ2n) is 2.53. The molecule has 0 amide bonds. The Morgan fingerprint density at radius 3 is 2.17 bits per heavy atom. The van der Waals surface area contributed by atoms with E-state index in [0.717, 1.165) is 0 Å². The lowest BCUT2D eigenvalue weighted by Crippen LogP contribution is -2.43. The zero-order valence-electron chi connectivity index (χ0n) is 6.90. The minimum absolute atomic E-state index is 0.260. The number of hydrogen-bond donors (Lipinski definition) is 3. The van der Waals surface area contributed by atoms with E-state index in [4.69, 9.17) is 25.3 Å². The van der Waals surface area contributed by atoms with Gasteiger partial charge in [-0.2, -0.15) is 5.26 Å². The molecule has 5 nitrogen and oxygen atoms in total. The smallest absolute Gasteiger partial charge is 0.199 e. The van der Waals surface area contributed by atoms with E-state index in [1.807, 2.05) is 0 Å². The first-order valence-electron chi connectivity index (χ1n) is 3.55. The predicted octanol–water partition coefficient (Wildman–Crippen LogP) is -2.80. The van der Waals surface area contributed by atoms with Crippen LogP contribution in [0.5, 0.6) is 0 Å². The minimum atomic E-state index is -1.60. The highest BCUT2D eigenvalue weighted by molar-refractivity contribution is 6.11. The first kappa shape index (κ1) is 11.4. The summed E-state index contributed by atoms with van der Waals surface area (Å²) in [6, 6.07) is 1.07. The summed E-state index contributed by atoms with van der Waals surface area (Å²) in [6.45, 7) is -1.45. The fourth-order valence-electron chi connectivity index (χ4n) is 0.644. The lowest BCUT2D eigenvalue weighted by molar-refractivity contribution is -0.0943. The number of rotatable bonds is 5. The molecule has 0 spiro atoms. The number of aliphatic hydroxyl groups is 3. The molecule has 0 aliphatic carbocycles. The molecule has 12 heavy (non-hydrogen) atoms. The van der Waals surface area contributed by atoms with Crippen LogP contribution in [0.3, 0.4) is 0 Å². The summed E-state index contributed by atoms with van der Waals surface area (Å²) in [6.07, 6.45) is 0. The van der Waals surface area contributed by atoms with Gasteiger partial charge < -0.3 is 20.1 Å². The number of hydrogen-bond acceptors (Lipinski definition) is 5. The van der Waals surface area contributed by atoms with Gasteiger partial charge in [0.2, 0.25) is 0 Å². The largest absolute Gasteiger partial charge is 0.394 e.